The highest BCUT2D eigenvalue weighted by Gasteiger charge is 2.22. The van der Waals surface area contributed by atoms with Gasteiger partial charge in [0.1, 0.15) is 34.2 Å². The van der Waals surface area contributed by atoms with Crippen LogP contribution in [0, 0.1) is 0 Å². The molecule has 0 radical (unpaired) electrons. The molecule has 0 saturated heterocycles. The minimum atomic E-state index is -0.114. The zero-order valence-corrected chi connectivity index (χ0v) is 72.6. The molecule has 0 aliphatic carbocycles. The Morgan fingerprint density at radius 3 is 0.646 bits per heavy atom. The Bertz CT molecular complexity index is 5690. The van der Waals surface area contributed by atoms with Gasteiger partial charge in [-0.2, -0.15) is 0 Å². The lowest BCUT2D eigenvalue weighted by Gasteiger charge is -2.18. The van der Waals surface area contributed by atoms with Crippen LogP contribution in [0.1, 0.15) is 82.0 Å². The second kappa shape index (κ2) is 49.0. The van der Waals surface area contributed by atoms with Crippen LogP contribution in [-0.2, 0) is 26.2 Å². The van der Waals surface area contributed by atoms with Gasteiger partial charge in [-0.1, -0.05) is 75.5 Å². The Balaban J connectivity index is 0.000000248. The summed E-state index contributed by atoms with van der Waals surface area (Å²) in [4.78, 5) is 60.2. The van der Waals surface area contributed by atoms with Gasteiger partial charge in [0.25, 0.3) is 23.6 Å². The van der Waals surface area contributed by atoms with E-state index in [1.54, 1.807) is 111 Å². The van der Waals surface area contributed by atoms with Gasteiger partial charge in [-0.25, -0.2) is 18.3 Å². The molecule has 0 aliphatic heterocycles. The number of nitrogens with one attached hydrogen (secondary N) is 4. The first-order valence-electron chi connectivity index (χ1n) is 42.3. The molecule has 0 fully saturated rings. The van der Waals surface area contributed by atoms with Gasteiger partial charge in [-0.15, -0.1) is 0 Å². The number of amides is 4. The van der Waals surface area contributed by atoms with Crippen molar-refractivity contribution in [3.8, 4) is 11.5 Å². The molecule has 26 heteroatoms. The number of nitrogens with zero attached hydrogens (tertiary/aromatic N) is 16. The molecule has 660 valence electrons. The number of carbonyl (C=O) groups is 4. The molecule has 4 aromatic heterocycles. The smallest absolute Gasteiger partial charge is 0.350 e. The van der Waals surface area contributed by atoms with Crippen LogP contribution in [0.4, 0.5) is 91.5 Å². The molecular formula is C104H112N20O6+4. The van der Waals surface area contributed by atoms with Crippen LogP contribution in [0.2, 0.25) is 0 Å². The highest BCUT2D eigenvalue weighted by Crippen LogP contribution is 2.29. The summed E-state index contributed by atoms with van der Waals surface area (Å²) >= 11 is 0. The maximum atomic E-state index is 13.4. The van der Waals surface area contributed by atoms with Crippen molar-refractivity contribution in [2.45, 2.75) is 66.7 Å². The zero-order chi connectivity index (χ0) is 89.0. The highest BCUT2D eigenvalue weighted by atomic mass is 16.5. The first kappa shape index (κ1) is 94.6. The summed E-state index contributed by atoms with van der Waals surface area (Å²) in [6.45, 7) is 4.74. The number of carbonyl (C=O) groups excluding carboxylic acids is 4. The number of pyridine rings is 4. The lowest BCUT2D eigenvalue weighted by atomic mass is 10.1. The monoisotopic (exact) mass is 1740 g/mol. The normalized spacial score (nSPS) is 10.9. The molecule has 4 N–H and O–H groups in total. The largest absolute Gasteiger partial charge is 0.497 e. The molecule has 14 rings (SSSR count). The van der Waals surface area contributed by atoms with Gasteiger partial charge >= 0.3 is 23.3 Å². The molecule has 14 aromatic rings. The third kappa shape index (κ3) is 28.5. The van der Waals surface area contributed by atoms with Gasteiger partial charge in [0.05, 0.1) is 85.6 Å². The minimum Gasteiger partial charge on any atom is -0.497 e. The standard InChI is InChI=1S/C52H52N10O4.C50H48N10O2.2CH4/c1-59(33-9-37-61-35-7-5-11-49(61)57-55-45-21-17-41(18-22-45)53-43-25-29-47(65-3)30-26-43)51(63)39-13-15-40(16-14-39)52(64)60(2)34-10-38-62-36-8-6-12-50(62)58-56-46-23-19-42(20-24-46)54-44-27-31-48(66-4)32-28-44;1-57(33-13-37-59-35-11-9-19-47(59)55-53-45-29-25-43(26-30-45)51-41-15-5-3-6-16-41)49(61)39-21-23-40(24-22-39)50(62)58(2)34-14-38-60-36-12-10-20-48(60)56-54-46-31-27-44(28-32-46)52-42-17-7-4-8-18-42;;/h5-8,11-32,35-36H,9-10,33-34,37-38H2,1-4H3;3-12,15-32,35-36H,13-14,33-34,37-38H2,1-2H3;2*1H4/p+4. The lowest BCUT2D eigenvalue weighted by molar-refractivity contribution is -0.684. The number of rotatable bonds is 38. The van der Waals surface area contributed by atoms with Gasteiger partial charge < -0.3 is 50.3 Å². The first-order valence-corrected chi connectivity index (χ1v) is 42.3. The molecule has 4 heterocycles. The molecule has 0 spiro atoms. The summed E-state index contributed by atoms with van der Waals surface area (Å²) < 4.78 is 18.6. The topological polar surface area (TPSA) is 262 Å². The fourth-order valence-corrected chi connectivity index (χ4v) is 13.6. The molecule has 0 aliphatic rings. The molecule has 4 amide bonds. The maximum Gasteiger partial charge on any atom is 0.350 e. The van der Waals surface area contributed by atoms with Gasteiger partial charge in [0.2, 0.25) is 0 Å². The van der Waals surface area contributed by atoms with E-state index < -0.39 is 0 Å². The quantitative estimate of drug-likeness (QED) is 0.0210. The van der Waals surface area contributed by atoms with E-state index in [0.29, 0.717) is 112 Å². The molecular weight excluding hydrogens is 1630 g/mol. The van der Waals surface area contributed by atoms with Crippen LogP contribution in [0.3, 0.4) is 0 Å². The Morgan fingerprint density at radius 1 is 0.246 bits per heavy atom. The average Bonchev–Trinajstić information content (AvgIpc) is 0.842. The van der Waals surface area contributed by atoms with Crippen molar-refractivity contribution < 1.29 is 46.9 Å². The molecule has 26 nitrogen and oxygen atoms in total. The number of hydrogen-bond donors (Lipinski definition) is 4. The summed E-state index contributed by atoms with van der Waals surface area (Å²) in [6, 6.07) is 103. The van der Waals surface area contributed by atoms with Gasteiger partial charge in [-0.3, -0.25) is 19.2 Å². The van der Waals surface area contributed by atoms with Gasteiger partial charge in [-0.05, 0) is 263 Å². The minimum absolute atomic E-state index is 0. The average molecular weight is 1740 g/mol. The van der Waals surface area contributed by atoms with E-state index in [4.69, 9.17) is 9.47 Å². The van der Waals surface area contributed by atoms with E-state index in [-0.39, 0.29) is 38.5 Å². The van der Waals surface area contributed by atoms with Crippen molar-refractivity contribution in [2.24, 2.45) is 40.9 Å². The zero-order valence-electron chi connectivity index (χ0n) is 72.6. The molecule has 0 unspecified atom stereocenters. The van der Waals surface area contributed by atoms with Gasteiger partial charge in [0.15, 0.2) is 0 Å². The van der Waals surface area contributed by atoms with E-state index in [2.05, 4.69) is 62.2 Å². The number of aromatic nitrogens is 4. The van der Waals surface area contributed by atoms with Crippen molar-refractivity contribution in [1.29, 1.82) is 0 Å². The number of ether oxygens (including phenoxy) is 2. The van der Waals surface area contributed by atoms with Crippen molar-refractivity contribution in [2.75, 3.05) is 89.9 Å². The molecule has 130 heavy (non-hydrogen) atoms. The third-order valence-corrected chi connectivity index (χ3v) is 20.8. The van der Waals surface area contributed by atoms with E-state index in [1.807, 2.05) is 322 Å². The van der Waals surface area contributed by atoms with Crippen molar-refractivity contribution in [3.63, 3.8) is 0 Å². The Morgan fingerprint density at radius 2 is 0.438 bits per heavy atom. The van der Waals surface area contributed by atoms with Crippen molar-refractivity contribution in [1.82, 2.24) is 19.6 Å². The predicted molar refractivity (Wildman–Crippen MR) is 514 cm³/mol. The van der Waals surface area contributed by atoms with Crippen LogP contribution in [0.25, 0.3) is 0 Å². The summed E-state index contributed by atoms with van der Waals surface area (Å²) in [7, 11) is 10.5. The molecule has 0 saturated carbocycles. The SMILES string of the molecule is C.C.CN(CCC[n+]1ccccc1N=Nc1ccc(Nc2ccccc2)cc1)C(=O)c1ccc(C(=O)N(C)CCC[n+]2ccccc2N=Nc2ccc(Nc3ccccc3)cc2)cc1.COc1ccc(Nc2ccc(N=Nc3cccc[n+]3CCCN(C)C(=O)c3ccc(C(=O)N(C)CCC[n+]4ccccc4N=Nc4ccc(Nc5ccc(OC)cc5)cc4)cc3)cc2)cc1. The van der Waals surface area contributed by atoms with Crippen LogP contribution in [0.15, 0.2) is 393 Å². The van der Waals surface area contributed by atoms with Crippen molar-refractivity contribution >= 4 is 115 Å². The Hall–Kier alpha value is -16.1. The summed E-state index contributed by atoms with van der Waals surface area (Å²) in [5.74, 6) is 4.03. The van der Waals surface area contributed by atoms with Crippen LogP contribution in [-0.4, -0.2) is 112 Å². The number of anilines is 8. The molecule has 10 aromatic carbocycles. The van der Waals surface area contributed by atoms with E-state index in [1.165, 1.54) is 0 Å². The fraction of sp³-hybridized carbons (Fsp3) is 0.192. The van der Waals surface area contributed by atoms with E-state index in [9.17, 15) is 19.2 Å². The number of methoxy groups -OCH3 is 2. The number of para-hydroxylation sites is 2. The second-order valence-corrected chi connectivity index (χ2v) is 30.2. The third-order valence-electron chi connectivity index (χ3n) is 20.8. The Kier molecular flexibility index (Phi) is 35.6. The summed E-state index contributed by atoms with van der Waals surface area (Å²) in [5.41, 5.74) is 12.8. The first-order chi connectivity index (χ1) is 62.6. The number of azo groups is 4. The fourth-order valence-electron chi connectivity index (χ4n) is 13.6. The molecule has 0 atom stereocenters. The molecule has 0 bridgehead atoms. The summed E-state index contributed by atoms with van der Waals surface area (Å²) in [6.07, 6.45) is 10.7. The second-order valence-electron chi connectivity index (χ2n) is 30.2. The van der Waals surface area contributed by atoms with Crippen LogP contribution in [0.5, 0.6) is 11.5 Å². The summed E-state index contributed by atoms with van der Waals surface area (Å²) in [5, 5.41) is 49.4. The van der Waals surface area contributed by atoms with Gasteiger partial charge in [0, 0.05) is 172 Å². The van der Waals surface area contributed by atoms with Crippen LogP contribution < -0.4 is 49.0 Å². The van der Waals surface area contributed by atoms with E-state index >= 15 is 0 Å². The maximum absolute atomic E-state index is 13.4. The van der Waals surface area contributed by atoms with E-state index in [0.717, 1.165) is 91.4 Å². The van der Waals surface area contributed by atoms with Crippen molar-refractivity contribution in [3.05, 3.63) is 375 Å². The highest BCUT2D eigenvalue weighted by molar-refractivity contribution is 5.99. The Labute approximate surface area is 761 Å². The predicted octanol–water partition coefficient (Wildman–Crippen LogP) is 23.1. The number of benzene rings is 10. The number of hydrogen-bond acceptors (Lipinski definition) is 18. The lowest BCUT2D eigenvalue weighted by Crippen LogP contribution is -2.36. The number of aryl methyl sites for hydroxylation is 4. The van der Waals surface area contributed by atoms with Crippen LogP contribution >= 0.6 is 0 Å².